The Labute approximate surface area is 73.8 Å². The summed E-state index contributed by atoms with van der Waals surface area (Å²) in [6, 6.07) is 0. The number of rotatable bonds is 0. The van der Waals surface area contributed by atoms with E-state index in [1.54, 1.807) is 0 Å². The molecular weight excluding hydrogens is 148 g/mol. The molecule has 2 aliphatic carbocycles. The number of hydrogen-bond acceptors (Lipinski definition) is 1. The molecule has 2 atom stereocenters. The highest BCUT2D eigenvalue weighted by Crippen LogP contribution is 2.35. The normalized spacial score (nSPS) is 35.2. The van der Waals surface area contributed by atoms with Crippen molar-refractivity contribution in [1.29, 1.82) is 0 Å². The van der Waals surface area contributed by atoms with Crippen molar-refractivity contribution in [1.82, 2.24) is 0 Å². The molecule has 2 rings (SSSR count). The Balaban J connectivity index is 2.16. The Kier molecular flexibility index (Phi) is 2.05. The lowest BCUT2D eigenvalue weighted by atomic mass is 9.77. The van der Waals surface area contributed by atoms with Gasteiger partial charge in [-0.1, -0.05) is 23.3 Å². The molecule has 1 heteroatoms. The molecule has 12 heavy (non-hydrogen) atoms. The predicted octanol–water partition coefficient (Wildman–Crippen LogP) is 2.42. The number of hydrogen-bond donors (Lipinski definition) is 1. The quantitative estimate of drug-likeness (QED) is 0.583. The van der Waals surface area contributed by atoms with Crippen LogP contribution in [0.5, 0.6) is 0 Å². The third-order valence-electron chi connectivity index (χ3n) is 2.98. The molecular formula is C11H16O. The third-order valence-corrected chi connectivity index (χ3v) is 2.98. The van der Waals surface area contributed by atoms with Crippen LogP contribution in [0.4, 0.5) is 0 Å². The Bertz CT molecular complexity index is 237. The van der Waals surface area contributed by atoms with E-state index in [1.165, 1.54) is 24.0 Å². The molecule has 0 aliphatic heterocycles. The van der Waals surface area contributed by atoms with Gasteiger partial charge in [0.05, 0.1) is 6.10 Å². The van der Waals surface area contributed by atoms with Crippen LogP contribution in [-0.4, -0.2) is 11.2 Å². The van der Waals surface area contributed by atoms with Crippen LogP contribution in [0.15, 0.2) is 23.3 Å². The van der Waals surface area contributed by atoms with E-state index in [1.807, 2.05) is 0 Å². The van der Waals surface area contributed by atoms with Crippen LogP contribution in [0.1, 0.15) is 32.6 Å². The molecule has 0 saturated heterocycles. The van der Waals surface area contributed by atoms with Crippen molar-refractivity contribution in [3.05, 3.63) is 23.3 Å². The summed E-state index contributed by atoms with van der Waals surface area (Å²) < 4.78 is 0. The van der Waals surface area contributed by atoms with Gasteiger partial charge in [-0.3, -0.25) is 0 Å². The van der Waals surface area contributed by atoms with Crippen molar-refractivity contribution in [3.8, 4) is 0 Å². The largest absolute Gasteiger partial charge is 0.393 e. The minimum atomic E-state index is -0.0709. The third kappa shape index (κ3) is 1.46. The average Bonchev–Trinajstić information content (AvgIpc) is 2.03. The smallest absolute Gasteiger partial charge is 0.0577 e. The van der Waals surface area contributed by atoms with Crippen molar-refractivity contribution in [2.45, 2.75) is 38.7 Å². The Hall–Kier alpha value is -0.560. The fraction of sp³-hybridized carbons (Fsp3) is 0.636. The lowest BCUT2D eigenvalue weighted by Gasteiger charge is -2.30. The number of fused-ring (bicyclic) bond motifs is 1. The first-order valence-electron chi connectivity index (χ1n) is 4.81. The van der Waals surface area contributed by atoms with E-state index >= 15 is 0 Å². The number of aliphatic hydroxyl groups is 1. The van der Waals surface area contributed by atoms with Crippen molar-refractivity contribution >= 4 is 0 Å². The molecule has 0 spiro atoms. The molecule has 66 valence electrons. The molecule has 0 amide bonds. The summed E-state index contributed by atoms with van der Waals surface area (Å²) in [6.07, 6.45) is 8.78. The van der Waals surface area contributed by atoms with E-state index in [4.69, 9.17) is 0 Å². The minimum absolute atomic E-state index is 0.0709. The van der Waals surface area contributed by atoms with Crippen LogP contribution < -0.4 is 0 Å². The molecule has 0 radical (unpaired) electrons. The summed E-state index contributed by atoms with van der Waals surface area (Å²) in [6.45, 7) is 2.14. The number of aliphatic hydroxyl groups excluding tert-OH is 1. The van der Waals surface area contributed by atoms with Gasteiger partial charge in [0.2, 0.25) is 0 Å². The Morgan fingerprint density at radius 2 is 2.25 bits per heavy atom. The molecule has 1 nitrogen and oxygen atoms in total. The zero-order valence-corrected chi connectivity index (χ0v) is 7.59. The molecule has 1 fully saturated rings. The zero-order valence-electron chi connectivity index (χ0n) is 7.59. The average molecular weight is 164 g/mol. The van der Waals surface area contributed by atoms with Crippen molar-refractivity contribution in [2.24, 2.45) is 5.92 Å². The first-order valence-corrected chi connectivity index (χ1v) is 4.81. The summed E-state index contributed by atoms with van der Waals surface area (Å²) >= 11 is 0. The van der Waals surface area contributed by atoms with Gasteiger partial charge in [-0.05, 0) is 38.5 Å². The molecule has 2 unspecified atom stereocenters. The number of allylic oxidation sites excluding steroid dienone is 3. The summed E-state index contributed by atoms with van der Waals surface area (Å²) in [5.74, 6) is 0.747. The summed E-state index contributed by atoms with van der Waals surface area (Å²) in [5, 5.41) is 9.47. The fourth-order valence-electron chi connectivity index (χ4n) is 2.25. The van der Waals surface area contributed by atoms with Crippen molar-refractivity contribution < 1.29 is 5.11 Å². The molecule has 0 aromatic rings. The second kappa shape index (κ2) is 3.06. The minimum Gasteiger partial charge on any atom is -0.393 e. The van der Waals surface area contributed by atoms with Crippen LogP contribution in [0.3, 0.4) is 0 Å². The van der Waals surface area contributed by atoms with Gasteiger partial charge < -0.3 is 5.11 Å². The maximum absolute atomic E-state index is 9.47. The molecule has 2 aliphatic rings. The molecule has 0 aromatic heterocycles. The predicted molar refractivity (Wildman–Crippen MR) is 49.8 cm³/mol. The monoisotopic (exact) mass is 164 g/mol. The van der Waals surface area contributed by atoms with Crippen LogP contribution >= 0.6 is 0 Å². The first kappa shape index (κ1) is 8.06. The van der Waals surface area contributed by atoms with E-state index in [-0.39, 0.29) is 6.10 Å². The van der Waals surface area contributed by atoms with Crippen LogP contribution in [-0.2, 0) is 0 Å². The molecule has 1 saturated carbocycles. The van der Waals surface area contributed by atoms with E-state index in [9.17, 15) is 5.11 Å². The van der Waals surface area contributed by atoms with Crippen LogP contribution in [0.2, 0.25) is 0 Å². The SMILES string of the molecule is CC1=CCC2CCC(O)CC2=C1. The highest BCUT2D eigenvalue weighted by atomic mass is 16.3. The fourth-order valence-corrected chi connectivity index (χ4v) is 2.25. The molecule has 0 aromatic carbocycles. The van der Waals surface area contributed by atoms with E-state index in [0.717, 1.165) is 18.8 Å². The first-order chi connectivity index (χ1) is 5.75. The second-order valence-electron chi connectivity index (χ2n) is 4.04. The van der Waals surface area contributed by atoms with Gasteiger partial charge in [-0.25, -0.2) is 0 Å². The molecule has 0 heterocycles. The summed E-state index contributed by atoms with van der Waals surface area (Å²) in [4.78, 5) is 0. The van der Waals surface area contributed by atoms with Gasteiger partial charge >= 0.3 is 0 Å². The van der Waals surface area contributed by atoms with Gasteiger partial charge in [-0.15, -0.1) is 0 Å². The van der Waals surface area contributed by atoms with Crippen LogP contribution in [0, 0.1) is 5.92 Å². The molecule has 1 N–H and O–H groups in total. The lowest BCUT2D eigenvalue weighted by molar-refractivity contribution is 0.135. The van der Waals surface area contributed by atoms with Crippen molar-refractivity contribution in [2.75, 3.05) is 0 Å². The van der Waals surface area contributed by atoms with Gasteiger partial charge in [0, 0.05) is 0 Å². The van der Waals surface area contributed by atoms with Gasteiger partial charge in [-0.2, -0.15) is 0 Å². The molecule has 0 bridgehead atoms. The zero-order chi connectivity index (χ0) is 8.55. The van der Waals surface area contributed by atoms with Gasteiger partial charge in [0.15, 0.2) is 0 Å². The Morgan fingerprint density at radius 3 is 3.08 bits per heavy atom. The highest BCUT2D eigenvalue weighted by Gasteiger charge is 2.24. The van der Waals surface area contributed by atoms with Crippen molar-refractivity contribution in [3.63, 3.8) is 0 Å². The van der Waals surface area contributed by atoms with Gasteiger partial charge in [0.1, 0.15) is 0 Å². The Morgan fingerprint density at radius 1 is 1.42 bits per heavy atom. The standard InChI is InChI=1S/C11H16O/c1-8-2-3-9-4-5-11(12)7-10(9)6-8/h2,6,9,11-12H,3-5,7H2,1H3. The van der Waals surface area contributed by atoms with E-state index in [2.05, 4.69) is 19.1 Å². The summed E-state index contributed by atoms with van der Waals surface area (Å²) in [7, 11) is 0. The highest BCUT2D eigenvalue weighted by molar-refractivity contribution is 5.29. The second-order valence-corrected chi connectivity index (χ2v) is 4.04. The topological polar surface area (TPSA) is 20.2 Å². The lowest BCUT2D eigenvalue weighted by Crippen LogP contribution is -2.22. The van der Waals surface area contributed by atoms with E-state index < -0.39 is 0 Å². The maximum atomic E-state index is 9.47. The summed E-state index contributed by atoms with van der Waals surface area (Å²) in [5.41, 5.74) is 2.85. The van der Waals surface area contributed by atoms with Gasteiger partial charge in [0.25, 0.3) is 0 Å². The maximum Gasteiger partial charge on any atom is 0.0577 e. The van der Waals surface area contributed by atoms with Crippen LogP contribution in [0.25, 0.3) is 0 Å². The van der Waals surface area contributed by atoms with E-state index in [0.29, 0.717) is 0 Å².